The van der Waals surface area contributed by atoms with E-state index in [-0.39, 0.29) is 34.3 Å². The maximum Gasteiger partial charge on any atom is 0.261 e. The van der Waals surface area contributed by atoms with Gasteiger partial charge in [-0.3, -0.25) is 28.3 Å². The van der Waals surface area contributed by atoms with Gasteiger partial charge < -0.3 is 0 Å². The van der Waals surface area contributed by atoms with E-state index in [0.29, 0.717) is 16.2 Å². The summed E-state index contributed by atoms with van der Waals surface area (Å²) in [5.41, 5.74) is 1.68. The molecule has 0 N–H and O–H groups in total. The molecule has 0 unspecified atom stereocenters. The Morgan fingerprint density at radius 3 is 1.60 bits per heavy atom. The summed E-state index contributed by atoms with van der Waals surface area (Å²) in [5.74, 6) is 0. The zero-order valence-electron chi connectivity index (χ0n) is 34.3. The van der Waals surface area contributed by atoms with E-state index in [9.17, 15) is 9.59 Å². The third-order valence-electron chi connectivity index (χ3n) is 15.0. The Balaban J connectivity index is 1.36. The summed E-state index contributed by atoms with van der Waals surface area (Å²) in [6, 6.07) is 12.8. The number of rotatable bonds is 12. The van der Waals surface area contributed by atoms with E-state index in [4.69, 9.17) is 0 Å². The highest BCUT2D eigenvalue weighted by Gasteiger charge is 2.32. The van der Waals surface area contributed by atoms with Gasteiger partial charge in [0.1, 0.15) is 0 Å². The number of pyridine rings is 2. The predicted octanol–water partition coefficient (Wildman–Crippen LogP) is 12.4. The highest BCUT2D eigenvalue weighted by Crippen LogP contribution is 2.53. The molecule has 6 nitrogen and oxygen atoms in total. The molecule has 2 aromatic heterocycles. The molecule has 2 fully saturated rings. The van der Waals surface area contributed by atoms with Crippen molar-refractivity contribution in [1.82, 2.24) is 9.13 Å². The number of aryl methyl sites for hydroxylation is 2. The molecule has 2 aliphatic carbocycles. The Labute approximate surface area is 337 Å². The number of aromatic nitrogens is 2. The van der Waals surface area contributed by atoms with Crippen molar-refractivity contribution in [3.8, 4) is 0 Å². The van der Waals surface area contributed by atoms with E-state index in [1.54, 1.807) is 9.13 Å². The molecular weight excluding hydrogens is 717 g/mol. The van der Waals surface area contributed by atoms with Gasteiger partial charge in [-0.2, -0.15) is 0 Å². The normalized spacial score (nSPS) is 16.6. The van der Waals surface area contributed by atoms with Gasteiger partial charge in [0, 0.05) is 49.8 Å². The lowest BCUT2D eigenvalue weighted by molar-refractivity contribution is 0.342. The van der Waals surface area contributed by atoms with Crippen LogP contribution in [0.2, 0.25) is 0 Å². The third kappa shape index (κ3) is 5.02. The van der Waals surface area contributed by atoms with E-state index >= 15 is 9.59 Å². The first kappa shape index (κ1) is 36.3. The zero-order chi connectivity index (χ0) is 39.4. The summed E-state index contributed by atoms with van der Waals surface area (Å²) >= 11 is 0. The number of nitrogens with zero attached hydrogens (tertiary/aromatic N) is 2. The van der Waals surface area contributed by atoms with Gasteiger partial charge >= 0.3 is 0 Å². The van der Waals surface area contributed by atoms with Crippen LogP contribution in [-0.2, 0) is 12.8 Å². The predicted molar refractivity (Wildman–Crippen MR) is 243 cm³/mol. The average molecular weight is 771 g/mol. The lowest BCUT2D eigenvalue weighted by atomic mass is 9.77. The highest BCUT2D eigenvalue weighted by atomic mass is 16.2. The molecule has 296 valence electrons. The first-order valence-electron chi connectivity index (χ1n) is 23.0. The van der Waals surface area contributed by atoms with Crippen molar-refractivity contribution in [3.05, 3.63) is 88.9 Å². The number of unbranched alkanes of at least 4 members (excludes halogenated alkanes) is 6. The highest BCUT2D eigenvalue weighted by molar-refractivity contribution is 6.50. The van der Waals surface area contributed by atoms with Crippen LogP contribution in [0, 0.1) is 0 Å². The van der Waals surface area contributed by atoms with Crippen LogP contribution in [0.4, 0.5) is 0 Å². The van der Waals surface area contributed by atoms with Crippen molar-refractivity contribution >= 4 is 86.2 Å². The summed E-state index contributed by atoms with van der Waals surface area (Å²) in [6.07, 6.45) is 20.3. The fourth-order valence-electron chi connectivity index (χ4n) is 12.3. The summed E-state index contributed by atoms with van der Waals surface area (Å²) in [5, 5.41) is 14.8. The molecule has 0 amide bonds. The largest absolute Gasteiger partial charge is 0.271 e. The number of hydrogen-bond acceptors (Lipinski definition) is 4. The van der Waals surface area contributed by atoms with Crippen molar-refractivity contribution in [2.75, 3.05) is 0 Å². The van der Waals surface area contributed by atoms with Gasteiger partial charge in [-0.25, -0.2) is 0 Å². The molecule has 0 atom stereocenters. The standard InChI is InChI=1S/C52H54N2O4/c1-3-5-7-11-17-29-25-31-27-38-45-46(52(58)54(50(38)56)33-20-14-10-15-21-33)34(22-16-8-6-4-2)35-24-23-30-26-37-42-39(51(57)53(49(37)55)32-18-12-9-13-19-32)28-36(29)44-41(31)48(45)43(35)40(30)47(42)44/h23-28,32-33H,3-22H2,1-2H3. The minimum Gasteiger partial charge on any atom is -0.271 e. The fourth-order valence-corrected chi connectivity index (χ4v) is 12.3. The summed E-state index contributed by atoms with van der Waals surface area (Å²) in [6.45, 7) is 4.46. The van der Waals surface area contributed by atoms with E-state index in [1.807, 2.05) is 0 Å². The topological polar surface area (TPSA) is 78.1 Å². The molecule has 58 heavy (non-hydrogen) atoms. The number of benzene rings is 7. The third-order valence-corrected chi connectivity index (χ3v) is 15.0. The van der Waals surface area contributed by atoms with Crippen molar-refractivity contribution < 1.29 is 0 Å². The SMILES string of the molecule is CCCCCCc1cc2cc3c(=O)n(C4CCCCC4)c(=O)c4c(CCCCCC)c5ccc6cc7c(=O)n(C8CCCCC8)c(=O)c8cc1c1c2c(c34)c5c6c1c78. The molecule has 2 heterocycles. The maximum atomic E-state index is 15.2. The monoisotopic (exact) mass is 770 g/mol. The summed E-state index contributed by atoms with van der Waals surface area (Å²) in [7, 11) is 0. The first-order valence-corrected chi connectivity index (χ1v) is 23.0. The van der Waals surface area contributed by atoms with Crippen LogP contribution in [0.5, 0.6) is 0 Å². The molecule has 9 aromatic rings. The lowest BCUT2D eigenvalue weighted by Gasteiger charge is -2.28. The maximum absolute atomic E-state index is 15.2. The average Bonchev–Trinajstić information content (AvgIpc) is 3.25. The quantitative estimate of drug-likeness (QED) is 0.0704. The van der Waals surface area contributed by atoms with Crippen LogP contribution in [0.15, 0.2) is 55.6 Å². The molecule has 0 bridgehead atoms. The second kappa shape index (κ2) is 13.9. The van der Waals surface area contributed by atoms with Crippen LogP contribution < -0.4 is 22.2 Å². The molecule has 0 radical (unpaired) electrons. The van der Waals surface area contributed by atoms with Crippen molar-refractivity contribution in [1.29, 1.82) is 0 Å². The molecule has 0 spiro atoms. The minimum absolute atomic E-state index is 0.0786. The van der Waals surface area contributed by atoms with Crippen LogP contribution in [-0.4, -0.2) is 9.13 Å². The van der Waals surface area contributed by atoms with Gasteiger partial charge in [0.25, 0.3) is 22.2 Å². The Bertz CT molecular complexity index is 3230. The van der Waals surface area contributed by atoms with Crippen LogP contribution in [0.3, 0.4) is 0 Å². The van der Waals surface area contributed by atoms with Gasteiger partial charge in [-0.1, -0.05) is 109 Å². The minimum atomic E-state index is -0.163. The molecule has 6 heteroatoms. The van der Waals surface area contributed by atoms with Gasteiger partial charge in [0.05, 0.1) is 5.39 Å². The zero-order valence-corrected chi connectivity index (χ0v) is 34.3. The van der Waals surface area contributed by atoms with Crippen LogP contribution in [0.1, 0.15) is 153 Å². The van der Waals surface area contributed by atoms with Crippen molar-refractivity contribution in [3.63, 3.8) is 0 Å². The van der Waals surface area contributed by atoms with Crippen LogP contribution >= 0.6 is 0 Å². The summed E-state index contributed by atoms with van der Waals surface area (Å²) in [4.78, 5) is 59.9. The van der Waals surface area contributed by atoms with Gasteiger partial charge in [0.15, 0.2) is 0 Å². The first-order chi connectivity index (χ1) is 28.4. The molecule has 2 aliphatic rings. The number of hydrogen-bond donors (Lipinski definition) is 0. The molecular formula is C52H54N2O4. The molecule has 0 saturated heterocycles. The lowest BCUT2D eigenvalue weighted by Crippen LogP contribution is -2.38. The van der Waals surface area contributed by atoms with Gasteiger partial charge in [0.2, 0.25) is 0 Å². The van der Waals surface area contributed by atoms with Gasteiger partial charge in [-0.15, -0.1) is 0 Å². The molecule has 11 rings (SSSR count). The molecule has 2 saturated carbocycles. The van der Waals surface area contributed by atoms with E-state index in [0.717, 1.165) is 198 Å². The van der Waals surface area contributed by atoms with Crippen molar-refractivity contribution in [2.24, 2.45) is 0 Å². The van der Waals surface area contributed by atoms with E-state index < -0.39 is 0 Å². The Hall–Kier alpha value is -4.84. The molecule has 0 aliphatic heterocycles. The summed E-state index contributed by atoms with van der Waals surface area (Å²) < 4.78 is 3.30. The second-order valence-electron chi connectivity index (χ2n) is 18.4. The van der Waals surface area contributed by atoms with Crippen LogP contribution in [0.25, 0.3) is 86.2 Å². The Morgan fingerprint density at radius 2 is 0.948 bits per heavy atom. The van der Waals surface area contributed by atoms with E-state index in [2.05, 4.69) is 50.2 Å². The smallest absolute Gasteiger partial charge is 0.261 e. The fraction of sp³-hybridized carbons (Fsp3) is 0.462. The molecule has 7 aromatic carbocycles. The van der Waals surface area contributed by atoms with Gasteiger partial charge in [-0.05, 0) is 124 Å². The second-order valence-corrected chi connectivity index (χ2v) is 18.4. The van der Waals surface area contributed by atoms with E-state index in [1.165, 1.54) is 12.0 Å². The Morgan fingerprint density at radius 1 is 0.431 bits per heavy atom. The Kier molecular flexibility index (Phi) is 8.68. The van der Waals surface area contributed by atoms with Crippen molar-refractivity contribution in [2.45, 2.75) is 154 Å².